The minimum Gasteiger partial charge on any atom is -0.508 e. The Kier molecular flexibility index (Phi) is 2.96. The summed E-state index contributed by atoms with van der Waals surface area (Å²) in [6.45, 7) is 5.84. The summed E-state index contributed by atoms with van der Waals surface area (Å²) < 4.78 is 5.60. The molecule has 1 aliphatic heterocycles. The molecule has 17 heavy (non-hydrogen) atoms. The molecule has 1 atom stereocenters. The van der Waals surface area contributed by atoms with E-state index in [-0.39, 0.29) is 17.7 Å². The van der Waals surface area contributed by atoms with Crippen LogP contribution in [0, 0.1) is 0 Å². The number of carbonyl (C=O) groups excluding carboxylic acids is 1. The van der Waals surface area contributed by atoms with Crippen LogP contribution in [0.2, 0.25) is 0 Å². The molecule has 92 valence electrons. The van der Waals surface area contributed by atoms with Crippen molar-refractivity contribution < 1.29 is 14.6 Å². The van der Waals surface area contributed by atoms with Gasteiger partial charge in [-0.2, -0.15) is 0 Å². The highest BCUT2D eigenvalue weighted by molar-refractivity contribution is 6.00. The molecular formula is C13H17NO3. The first-order valence-corrected chi connectivity index (χ1v) is 5.87. The van der Waals surface area contributed by atoms with E-state index in [2.05, 4.69) is 0 Å². The Morgan fingerprint density at radius 3 is 2.76 bits per heavy atom. The average Bonchev–Trinajstić information content (AvgIpc) is 2.28. The molecule has 0 fully saturated rings. The number of anilines is 1. The van der Waals surface area contributed by atoms with Crippen molar-refractivity contribution in [1.29, 1.82) is 0 Å². The molecule has 0 saturated carbocycles. The lowest BCUT2D eigenvalue weighted by Crippen LogP contribution is -2.48. The predicted octanol–water partition coefficient (Wildman–Crippen LogP) is 2.30. The van der Waals surface area contributed by atoms with Gasteiger partial charge in [-0.1, -0.05) is 6.92 Å². The summed E-state index contributed by atoms with van der Waals surface area (Å²) in [6, 6.07) is 4.91. The van der Waals surface area contributed by atoms with Crippen LogP contribution in [0.25, 0.3) is 0 Å². The molecule has 2 rings (SSSR count). The van der Waals surface area contributed by atoms with Crippen molar-refractivity contribution in [1.82, 2.24) is 0 Å². The van der Waals surface area contributed by atoms with Gasteiger partial charge in [0.25, 0.3) is 5.91 Å². The van der Waals surface area contributed by atoms with Gasteiger partial charge >= 0.3 is 0 Å². The summed E-state index contributed by atoms with van der Waals surface area (Å²) in [5.74, 6) is 0.711. The van der Waals surface area contributed by atoms with Gasteiger partial charge in [0.1, 0.15) is 11.5 Å². The zero-order valence-electron chi connectivity index (χ0n) is 10.3. The van der Waals surface area contributed by atoms with Crippen molar-refractivity contribution in [3.8, 4) is 11.5 Å². The number of nitrogens with zero attached hydrogens (tertiary/aromatic N) is 1. The number of phenolic OH excluding ortho intramolecular Hbond substituents is 1. The smallest absolute Gasteiger partial charge is 0.268 e. The second kappa shape index (κ2) is 4.28. The molecule has 1 aromatic rings. The number of carbonyl (C=O) groups is 1. The minimum atomic E-state index is -0.452. The van der Waals surface area contributed by atoms with Crippen LogP contribution in [0.1, 0.15) is 27.2 Å². The molecule has 1 N–H and O–H groups in total. The van der Waals surface area contributed by atoms with Crippen molar-refractivity contribution in [2.75, 3.05) is 4.90 Å². The molecule has 1 unspecified atom stereocenters. The fourth-order valence-corrected chi connectivity index (χ4v) is 2.06. The molecule has 0 saturated heterocycles. The maximum atomic E-state index is 12.2. The van der Waals surface area contributed by atoms with E-state index in [1.54, 1.807) is 23.1 Å². The van der Waals surface area contributed by atoms with Crippen LogP contribution in [0.5, 0.6) is 11.5 Å². The molecule has 1 aromatic carbocycles. The SMILES string of the molecule is CCC1Oc2cc(O)ccc2N(C(C)C)C1=O. The monoisotopic (exact) mass is 235 g/mol. The van der Waals surface area contributed by atoms with Crippen LogP contribution in [0.15, 0.2) is 18.2 Å². The fourth-order valence-electron chi connectivity index (χ4n) is 2.06. The predicted molar refractivity (Wildman–Crippen MR) is 65.4 cm³/mol. The quantitative estimate of drug-likeness (QED) is 0.855. The van der Waals surface area contributed by atoms with E-state index in [0.717, 1.165) is 5.69 Å². The third-order valence-electron chi connectivity index (χ3n) is 2.87. The number of benzene rings is 1. The summed E-state index contributed by atoms with van der Waals surface area (Å²) >= 11 is 0. The average molecular weight is 235 g/mol. The lowest BCUT2D eigenvalue weighted by molar-refractivity contribution is -0.126. The zero-order valence-corrected chi connectivity index (χ0v) is 10.3. The second-order valence-corrected chi connectivity index (χ2v) is 4.47. The molecular weight excluding hydrogens is 218 g/mol. The van der Waals surface area contributed by atoms with Crippen LogP contribution < -0.4 is 9.64 Å². The standard InChI is InChI=1S/C13H17NO3/c1-4-11-13(16)14(8(2)3)10-6-5-9(15)7-12(10)17-11/h5-8,11,15H,4H2,1-3H3. The minimum absolute atomic E-state index is 0.0133. The van der Waals surface area contributed by atoms with Crippen LogP contribution >= 0.6 is 0 Å². The first kappa shape index (κ1) is 11.8. The second-order valence-electron chi connectivity index (χ2n) is 4.47. The van der Waals surface area contributed by atoms with Gasteiger partial charge in [0.05, 0.1) is 5.69 Å². The van der Waals surface area contributed by atoms with Gasteiger partial charge in [-0.25, -0.2) is 0 Å². The lowest BCUT2D eigenvalue weighted by Gasteiger charge is -2.36. The van der Waals surface area contributed by atoms with Gasteiger partial charge in [-0.3, -0.25) is 4.79 Å². The van der Waals surface area contributed by atoms with Crippen LogP contribution in [-0.2, 0) is 4.79 Å². The normalized spacial score (nSPS) is 19.2. The number of fused-ring (bicyclic) bond motifs is 1. The highest BCUT2D eigenvalue weighted by Gasteiger charge is 2.34. The Bertz CT molecular complexity index is 442. The molecule has 1 amide bonds. The van der Waals surface area contributed by atoms with E-state index in [1.165, 1.54) is 0 Å². The molecule has 0 radical (unpaired) electrons. The number of aromatic hydroxyl groups is 1. The van der Waals surface area contributed by atoms with Gasteiger partial charge in [0, 0.05) is 12.1 Å². The number of ether oxygens (including phenoxy) is 1. The van der Waals surface area contributed by atoms with Crippen molar-refractivity contribution in [3.05, 3.63) is 18.2 Å². The highest BCUT2D eigenvalue weighted by Crippen LogP contribution is 2.38. The Morgan fingerprint density at radius 1 is 1.47 bits per heavy atom. The Hall–Kier alpha value is -1.71. The number of rotatable bonds is 2. The largest absolute Gasteiger partial charge is 0.508 e. The maximum absolute atomic E-state index is 12.2. The first-order chi connectivity index (χ1) is 8.04. The number of amides is 1. The van der Waals surface area contributed by atoms with E-state index in [4.69, 9.17) is 4.74 Å². The van der Waals surface area contributed by atoms with E-state index in [1.807, 2.05) is 20.8 Å². The van der Waals surface area contributed by atoms with Crippen molar-refractivity contribution in [2.24, 2.45) is 0 Å². The highest BCUT2D eigenvalue weighted by atomic mass is 16.5. The van der Waals surface area contributed by atoms with E-state index in [0.29, 0.717) is 12.2 Å². The summed E-state index contributed by atoms with van der Waals surface area (Å²) in [5, 5.41) is 9.45. The van der Waals surface area contributed by atoms with E-state index in [9.17, 15) is 9.90 Å². The molecule has 0 aromatic heterocycles. The third-order valence-corrected chi connectivity index (χ3v) is 2.87. The van der Waals surface area contributed by atoms with Gasteiger partial charge in [0.2, 0.25) is 0 Å². The van der Waals surface area contributed by atoms with Crippen LogP contribution in [0.4, 0.5) is 5.69 Å². The molecule has 0 spiro atoms. The molecule has 1 aliphatic rings. The Labute approximate surface area is 101 Å². The first-order valence-electron chi connectivity index (χ1n) is 5.87. The van der Waals surface area contributed by atoms with Crippen LogP contribution in [0.3, 0.4) is 0 Å². The lowest BCUT2D eigenvalue weighted by atomic mass is 10.1. The summed E-state index contributed by atoms with van der Waals surface area (Å²) in [6.07, 6.45) is 0.170. The molecule has 4 nitrogen and oxygen atoms in total. The maximum Gasteiger partial charge on any atom is 0.268 e. The topological polar surface area (TPSA) is 49.8 Å². The fraction of sp³-hybridized carbons (Fsp3) is 0.462. The van der Waals surface area contributed by atoms with Crippen molar-refractivity contribution in [3.63, 3.8) is 0 Å². The van der Waals surface area contributed by atoms with Gasteiger partial charge in [-0.15, -0.1) is 0 Å². The Morgan fingerprint density at radius 2 is 2.18 bits per heavy atom. The number of hydrogen-bond acceptors (Lipinski definition) is 3. The third kappa shape index (κ3) is 1.95. The van der Waals surface area contributed by atoms with Gasteiger partial charge < -0.3 is 14.7 Å². The molecule has 4 heteroatoms. The van der Waals surface area contributed by atoms with Crippen molar-refractivity contribution >= 4 is 11.6 Å². The number of phenols is 1. The zero-order chi connectivity index (χ0) is 12.6. The van der Waals surface area contributed by atoms with Crippen molar-refractivity contribution in [2.45, 2.75) is 39.3 Å². The van der Waals surface area contributed by atoms with Gasteiger partial charge in [0.15, 0.2) is 6.10 Å². The van der Waals surface area contributed by atoms with E-state index < -0.39 is 6.10 Å². The molecule has 0 aliphatic carbocycles. The van der Waals surface area contributed by atoms with Crippen LogP contribution in [-0.4, -0.2) is 23.2 Å². The van der Waals surface area contributed by atoms with E-state index >= 15 is 0 Å². The number of hydrogen-bond donors (Lipinski definition) is 1. The molecule has 1 heterocycles. The summed E-state index contributed by atoms with van der Waals surface area (Å²) in [5.41, 5.74) is 0.729. The summed E-state index contributed by atoms with van der Waals surface area (Å²) in [4.78, 5) is 13.9. The Balaban J connectivity index is 2.50. The molecule has 0 bridgehead atoms. The summed E-state index contributed by atoms with van der Waals surface area (Å²) in [7, 11) is 0. The van der Waals surface area contributed by atoms with Gasteiger partial charge in [-0.05, 0) is 32.4 Å².